The van der Waals surface area contributed by atoms with Crippen LogP contribution >= 0.6 is 23.4 Å². The number of halogens is 1. The number of nitrogens with one attached hydrogen (secondary N) is 2. The molecule has 7 heteroatoms. The first kappa shape index (κ1) is 12.7. The predicted molar refractivity (Wildman–Crippen MR) is 73.0 cm³/mol. The molecule has 1 aromatic rings. The van der Waals surface area contributed by atoms with Gasteiger partial charge in [-0.1, -0.05) is 6.42 Å². The number of rotatable bonds is 4. The zero-order valence-electron chi connectivity index (χ0n) is 9.74. The van der Waals surface area contributed by atoms with E-state index in [2.05, 4.69) is 25.6 Å². The summed E-state index contributed by atoms with van der Waals surface area (Å²) in [5.74, 6) is 2.29. The van der Waals surface area contributed by atoms with E-state index in [1.807, 2.05) is 11.8 Å². The molecule has 2 rings (SSSR count). The zero-order valence-corrected chi connectivity index (χ0v) is 11.3. The van der Waals surface area contributed by atoms with E-state index >= 15 is 0 Å². The van der Waals surface area contributed by atoms with Gasteiger partial charge in [0.1, 0.15) is 0 Å². The summed E-state index contributed by atoms with van der Waals surface area (Å²) >= 11 is 7.82. The van der Waals surface area contributed by atoms with Gasteiger partial charge >= 0.3 is 0 Å². The highest BCUT2D eigenvalue weighted by molar-refractivity contribution is 7.99. The normalized spacial score (nSPS) is 20.0. The quantitative estimate of drug-likeness (QED) is 0.877. The molecule has 1 aliphatic heterocycles. The van der Waals surface area contributed by atoms with Crippen LogP contribution in [-0.2, 0) is 0 Å². The van der Waals surface area contributed by atoms with Crippen molar-refractivity contribution < 1.29 is 0 Å². The van der Waals surface area contributed by atoms with Crippen molar-refractivity contribution in [2.45, 2.75) is 24.5 Å². The molecule has 1 aliphatic rings. The summed E-state index contributed by atoms with van der Waals surface area (Å²) in [6, 6.07) is 0. The van der Waals surface area contributed by atoms with E-state index in [9.17, 15) is 0 Å². The van der Waals surface area contributed by atoms with Crippen molar-refractivity contribution in [3.8, 4) is 0 Å². The molecule has 2 heterocycles. The lowest BCUT2D eigenvalue weighted by Gasteiger charge is -2.21. The second-order valence-electron chi connectivity index (χ2n) is 3.87. The standard InChI is InChI=1S/C10H16ClN5S/c1-12-9-14-8(11)15-10(16-9)13-6-7-4-2-3-5-17-7/h7H,2-6H2,1H3,(H2,12,13,14,15,16). The predicted octanol–water partition coefficient (Wildman–Crippen LogP) is 2.26. The van der Waals surface area contributed by atoms with Gasteiger partial charge in [0, 0.05) is 18.8 Å². The highest BCUT2D eigenvalue weighted by Crippen LogP contribution is 2.25. The van der Waals surface area contributed by atoms with Gasteiger partial charge in [0.25, 0.3) is 0 Å². The van der Waals surface area contributed by atoms with E-state index in [0.29, 0.717) is 17.1 Å². The fourth-order valence-corrected chi connectivity index (χ4v) is 3.11. The molecule has 0 bridgehead atoms. The zero-order chi connectivity index (χ0) is 12.1. The van der Waals surface area contributed by atoms with Gasteiger partial charge in [0.05, 0.1) is 0 Å². The SMILES string of the molecule is CNc1nc(Cl)nc(NCC2CCCCS2)n1. The highest BCUT2D eigenvalue weighted by atomic mass is 35.5. The van der Waals surface area contributed by atoms with Crippen LogP contribution in [0.2, 0.25) is 5.28 Å². The van der Waals surface area contributed by atoms with E-state index in [-0.39, 0.29) is 5.28 Å². The summed E-state index contributed by atoms with van der Waals surface area (Å²) in [7, 11) is 1.76. The van der Waals surface area contributed by atoms with Crippen LogP contribution in [0.25, 0.3) is 0 Å². The van der Waals surface area contributed by atoms with Crippen LogP contribution in [0.1, 0.15) is 19.3 Å². The maximum absolute atomic E-state index is 5.80. The summed E-state index contributed by atoms with van der Waals surface area (Å²) in [5.41, 5.74) is 0. The van der Waals surface area contributed by atoms with Gasteiger partial charge in [0.2, 0.25) is 17.2 Å². The molecule has 1 aromatic heterocycles. The Morgan fingerprint density at radius 2 is 2.12 bits per heavy atom. The topological polar surface area (TPSA) is 62.7 Å². The molecule has 0 aliphatic carbocycles. The third kappa shape index (κ3) is 3.89. The molecule has 1 atom stereocenters. The molecule has 0 amide bonds. The number of nitrogens with zero attached hydrogens (tertiary/aromatic N) is 3. The van der Waals surface area contributed by atoms with Crippen LogP contribution < -0.4 is 10.6 Å². The van der Waals surface area contributed by atoms with E-state index in [1.54, 1.807) is 7.05 Å². The van der Waals surface area contributed by atoms with Crippen LogP contribution in [0.4, 0.5) is 11.9 Å². The molecule has 0 radical (unpaired) electrons. The van der Waals surface area contributed by atoms with E-state index < -0.39 is 0 Å². The first-order chi connectivity index (χ1) is 8.28. The van der Waals surface area contributed by atoms with Gasteiger partial charge in [0.15, 0.2) is 0 Å². The molecule has 1 unspecified atom stereocenters. The summed E-state index contributed by atoms with van der Waals surface area (Å²) in [5, 5.41) is 6.94. The van der Waals surface area contributed by atoms with Crippen molar-refractivity contribution in [1.29, 1.82) is 0 Å². The van der Waals surface area contributed by atoms with Gasteiger partial charge in [-0.15, -0.1) is 0 Å². The summed E-state index contributed by atoms with van der Waals surface area (Å²) in [6.07, 6.45) is 3.91. The second kappa shape index (κ2) is 6.26. The Morgan fingerprint density at radius 3 is 2.82 bits per heavy atom. The van der Waals surface area contributed by atoms with Gasteiger partial charge in [-0.25, -0.2) is 0 Å². The minimum Gasteiger partial charge on any atom is -0.357 e. The summed E-state index contributed by atoms with van der Waals surface area (Å²) in [6.45, 7) is 0.883. The molecule has 17 heavy (non-hydrogen) atoms. The lowest BCUT2D eigenvalue weighted by molar-refractivity contribution is 0.676. The Balaban J connectivity index is 1.91. The van der Waals surface area contributed by atoms with E-state index in [1.165, 1.54) is 25.0 Å². The number of aromatic nitrogens is 3. The minimum atomic E-state index is 0.211. The average molecular weight is 274 g/mol. The molecule has 0 saturated carbocycles. The first-order valence-corrected chi connectivity index (χ1v) is 7.15. The summed E-state index contributed by atoms with van der Waals surface area (Å²) in [4.78, 5) is 12.2. The van der Waals surface area contributed by atoms with Crippen molar-refractivity contribution in [3.05, 3.63) is 5.28 Å². The van der Waals surface area contributed by atoms with Crippen LogP contribution in [0.3, 0.4) is 0 Å². The lowest BCUT2D eigenvalue weighted by atomic mass is 10.2. The van der Waals surface area contributed by atoms with E-state index in [0.717, 1.165) is 6.54 Å². The van der Waals surface area contributed by atoms with Gasteiger partial charge in [-0.05, 0) is 30.2 Å². The Kier molecular flexibility index (Phi) is 4.67. The fourth-order valence-electron chi connectivity index (χ4n) is 1.71. The number of thioether (sulfide) groups is 1. The molecular weight excluding hydrogens is 258 g/mol. The minimum absolute atomic E-state index is 0.211. The molecule has 1 saturated heterocycles. The molecule has 0 aromatic carbocycles. The Bertz CT molecular complexity index is 370. The van der Waals surface area contributed by atoms with Crippen LogP contribution in [0, 0.1) is 0 Å². The molecule has 1 fully saturated rings. The van der Waals surface area contributed by atoms with Gasteiger partial charge in [-0.2, -0.15) is 26.7 Å². The maximum Gasteiger partial charge on any atom is 0.228 e. The van der Waals surface area contributed by atoms with Crippen molar-refractivity contribution in [2.24, 2.45) is 0 Å². The van der Waals surface area contributed by atoms with Crippen molar-refractivity contribution in [1.82, 2.24) is 15.0 Å². The third-order valence-corrected chi connectivity index (χ3v) is 4.16. The number of hydrogen-bond donors (Lipinski definition) is 2. The Hall–Kier alpha value is -0.750. The number of hydrogen-bond acceptors (Lipinski definition) is 6. The van der Waals surface area contributed by atoms with Crippen molar-refractivity contribution >= 4 is 35.3 Å². The third-order valence-electron chi connectivity index (χ3n) is 2.59. The largest absolute Gasteiger partial charge is 0.357 e. The second-order valence-corrected chi connectivity index (χ2v) is 5.62. The average Bonchev–Trinajstić information content (AvgIpc) is 2.37. The first-order valence-electron chi connectivity index (χ1n) is 5.73. The van der Waals surface area contributed by atoms with Gasteiger partial charge < -0.3 is 10.6 Å². The maximum atomic E-state index is 5.80. The highest BCUT2D eigenvalue weighted by Gasteiger charge is 2.14. The number of anilines is 2. The molecule has 94 valence electrons. The lowest BCUT2D eigenvalue weighted by Crippen LogP contribution is -2.21. The van der Waals surface area contributed by atoms with Crippen molar-refractivity contribution in [2.75, 3.05) is 30.0 Å². The Labute approximate surface area is 110 Å². The van der Waals surface area contributed by atoms with E-state index in [4.69, 9.17) is 11.6 Å². The smallest absolute Gasteiger partial charge is 0.228 e. The molecule has 0 spiro atoms. The van der Waals surface area contributed by atoms with Gasteiger partial charge in [-0.3, -0.25) is 0 Å². The molecular formula is C10H16ClN5S. The molecule has 2 N–H and O–H groups in total. The monoisotopic (exact) mass is 273 g/mol. The van der Waals surface area contributed by atoms with Crippen LogP contribution in [-0.4, -0.2) is 39.5 Å². The Morgan fingerprint density at radius 1 is 1.29 bits per heavy atom. The summed E-state index contributed by atoms with van der Waals surface area (Å²) < 4.78 is 0. The van der Waals surface area contributed by atoms with Crippen LogP contribution in [0.5, 0.6) is 0 Å². The van der Waals surface area contributed by atoms with Crippen LogP contribution in [0.15, 0.2) is 0 Å². The fraction of sp³-hybridized carbons (Fsp3) is 0.700. The van der Waals surface area contributed by atoms with Crippen molar-refractivity contribution in [3.63, 3.8) is 0 Å². The molecule has 5 nitrogen and oxygen atoms in total.